The molecule has 0 saturated carbocycles. The minimum Gasteiger partial charge on any atom is -0.338 e. The van der Waals surface area contributed by atoms with E-state index in [1.165, 1.54) is 19.2 Å². The summed E-state index contributed by atoms with van der Waals surface area (Å²) in [4.78, 5) is 14.3. The smallest absolute Gasteiger partial charge is 0.243 e. The number of rotatable bonds is 8. The van der Waals surface area contributed by atoms with Gasteiger partial charge < -0.3 is 10.2 Å². The third-order valence-corrected chi connectivity index (χ3v) is 7.05. The predicted molar refractivity (Wildman–Crippen MR) is 114 cm³/mol. The quantitative estimate of drug-likeness (QED) is 0.671. The minimum absolute atomic E-state index is 0.00948. The molecule has 2 N–H and O–H groups in total. The summed E-state index contributed by atoms with van der Waals surface area (Å²) >= 11 is 0. The van der Waals surface area contributed by atoms with E-state index in [0.29, 0.717) is 11.6 Å². The summed E-state index contributed by atoms with van der Waals surface area (Å²) in [5, 5.41) is 3.48. The molecule has 3 rings (SSSR count). The van der Waals surface area contributed by atoms with E-state index >= 15 is 0 Å². The Bertz CT molecular complexity index is 976. The van der Waals surface area contributed by atoms with E-state index in [-0.39, 0.29) is 18.4 Å². The van der Waals surface area contributed by atoms with Crippen molar-refractivity contribution in [3.05, 3.63) is 65.5 Å². The van der Waals surface area contributed by atoms with E-state index < -0.39 is 20.7 Å². The van der Waals surface area contributed by atoms with Gasteiger partial charge in [0, 0.05) is 13.1 Å². The van der Waals surface area contributed by atoms with Crippen molar-refractivity contribution in [1.82, 2.24) is 14.9 Å². The summed E-state index contributed by atoms with van der Waals surface area (Å²) < 4.78 is 40.2. The van der Waals surface area contributed by atoms with Crippen molar-refractivity contribution in [1.29, 1.82) is 0 Å². The van der Waals surface area contributed by atoms with Crippen LogP contribution in [-0.2, 0) is 21.2 Å². The Balaban J connectivity index is 1.81. The molecule has 30 heavy (non-hydrogen) atoms. The molecular weight excluding hydrogens is 405 g/mol. The number of halogens is 1. The third-order valence-electron chi connectivity index (χ3n) is 5.62. The topological polar surface area (TPSA) is 78.5 Å². The maximum absolute atomic E-state index is 14.0. The summed E-state index contributed by atoms with van der Waals surface area (Å²) in [6, 6.07) is 13.9. The molecule has 1 unspecified atom stereocenters. The van der Waals surface area contributed by atoms with Crippen LogP contribution in [0.2, 0.25) is 0 Å². The standard InChI is InChI=1S/C22H28FN3O3S/c1-24-30(28,29)21-13-16(10-11-19(21)23)14-22(27)26(2)20(15-18-9-6-12-25-18)17-7-4-3-5-8-17/h3-5,7-8,10-11,13,18,20,24-25H,6,9,12,14-15H2,1-2H3/t18?,20-/m0/s1. The number of likely N-dealkylation sites (N-methyl/N-ethyl adjacent to an activating group) is 1. The fraction of sp³-hybridized carbons (Fsp3) is 0.409. The third kappa shape index (κ3) is 5.24. The van der Waals surface area contributed by atoms with E-state index in [4.69, 9.17) is 0 Å². The molecule has 162 valence electrons. The molecule has 0 bridgehead atoms. The summed E-state index contributed by atoms with van der Waals surface area (Å²) in [6.07, 6.45) is 3.00. The molecule has 0 aliphatic carbocycles. The van der Waals surface area contributed by atoms with Crippen LogP contribution < -0.4 is 10.0 Å². The first kappa shape index (κ1) is 22.4. The van der Waals surface area contributed by atoms with Gasteiger partial charge in [0.2, 0.25) is 15.9 Å². The summed E-state index contributed by atoms with van der Waals surface area (Å²) in [7, 11) is -0.949. The molecule has 0 radical (unpaired) electrons. The number of nitrogens with zero attached hydrogens (tertiary/aromatic N) is 1. The molecule has 1 aliphatic heterocycles. The SMILES string of the molecule is CNS(=O)(=O)c1cc(CC(=O)N(C)[C@@H](CC2CCCN2)c2ccccc2)ccc1F. The van der Waals surface area contributed by atoms with Crippen molar-refractivity contribution in [3.8, 4) is 0 Å². The maximum Gasteiger partial charge on any atom is 0.243 e. The first-order valence-corrected chi connectivity index (χ1v) is 11.6. The fourth-order valence-corrected chi connectivity index (χ4v) is 4.72. The van der Waals surface area contributed by atoms with Crippen molar-refractivity contribution in [3.63, 3.8) is 0 Å². The highest BCUT2D eigenvalue weighted by molar-refractivity contribution is 7.89. The normalized spacial score (nSPS) is 17.6. The van der Waals surface area contributed by atoms with Gasteiger partial charge in [-0.1, -0.05) is 36.4 Å². The lowest BCUT2D eigenvalue weighted by Crippen LogP contribution is -2.36. The Morgan fingerprint density at radius 3 is 2.63 bits per heavy atom. The zero-order valence-corrected chi connectivity index (χ0v) is 18.1. The van der Waals surface area contributed by atoms with Gasteiger partial charge in [0.15, 0.2) is 0 Å². The van der Waals surface area contributed by atoms with Crippen LogP contribution in [0.25, 0.3) is 0 Å². The molecule has 8 heteroatoms. The van der Waals surface area contributed by atoms with Gasteiger partial charge >= 0.3 is 0 Å². The number of nitrogens with one attached hydrogen (secondary N) is 2. The molecule has 2 aromatic rings. The van der Waals surface area contributed by atoms with Gasteiger partial charge in [-0.15, -0.1) is 0 Å². The lowest BCUT2D eigenvalue weighted by atomic mass is 9.96. The van der Waals surface area contributed by atoms with Crippen molar-refractivity contribution in [2.45, 2.75) is 42.7 Å². The Hall–Kier alpha value is -2.29. The molecule has 1 saturated heterocycles. The van der Waals surface area contributed by atoms with Crippen LogP contribution in [0.15, 0.2) is 53.4 Å². The van der Waals surface area contributed by atoms with E-state index in [9.17, 15) is 17.6 Å². The molecule has 2 atom stereocenters. The fourth-order valence-electron chi connectivity index (χ4n) is 3.87. The van der Waals surface area contributed by atoms with Gasteiger partial charge in [0.25, 0.3) is 0 Å². The first-order valence-electron chi connectivity index (χ1n) is 10.1. The molecule has 1 amide bonds. The van der Waals surface area contributed by atoms with Crippen LogP contribution >= 0.6 is 0 Å². The average molecular weight is 434 g/mol. The Morgan fingerprint density at radius 1 is 1.27 bits per heavy atom. The number of hydrogen-bond donors (Lipinski definition) is 2. The van der Waals surface area contributed by atoms with E-state index in [0.717, 1.165) is 37.4 Å². The van der Waals surface area contributed by atoms with Crippen LogP contribution in [-0.4, -0.2) is 45.9 Å². The van der Waals surface area contributed by atoms with Crippen molar-refractivity contribution in [2.24, 2.45) is 0 Å². The van der Waals surface area contributed by atoms with Crippen molar-refractivity contribution >= 4 is 15.9 Å². The van der Waals surface area contributed by atoms with Crippen molar-refractivity contribution in [2.75, 3.05) is 20.6 Å². The van der Waals surface area contributed by atoms with Gasteiger partial charge in [-0.2, -0.15) is 0 Å². The lowest BCUT2D eigenvalue weighted by molar-refractivity contribution is -0.131. The van der Waals surface area contributed by atoms with Crippen LogP contribution in [0.5, 0.6) is 0 Å². The molecule has 6 nitrogen and oxygen atoms in total. The molecule has 2 aromatic carbocycles. The van der Waals surface area contributed by atoms with E-state index in [1.807, 2.05) is 30.3 Å². The second-order valence-electron chi connectivity index (χ2n) is 7.61. The second-order valence-corrected chi connectivity index (χ2v) is 9.46. The number of amides is 1. The largest absolute Gasteiger partial charge is 0.338 e. The van der Waals surface area contributed by atoms with Crippen LogP contribution in [0.1, 0.15) is 36.4 Å². The van der Waals surface area contributed by atoms with Crippen molar-refractivity contribution < 1.29 is 17.6 Å². The zero-order chi connectivity index (χ0) is 21.7. The minimum atomic E-state index is -3.94. The first-order chi connectivity index (χ1) is 14.3. The summed E-state index contributed by atoms with van der Waals surface area (Å²) in [5.41, 5.74) is 1.51. The van der Waals surface area contributed by atoms with Gasteiger partial charge in [-0.25, -0.2) is 17.5 Å². The van der Waals surface area contributed by atoms with Gasteiger partial charge in [-0.05, 0) is 56.1 Å². The lowest BCUT2D eigenvalue weighted by Gasteiger charge is -2.31. The molecule has 0 aromatic heterocycles. The second kappa shape index (κ2) is 9.68. The highest BCUT2D eigenvalue weighted by Gasteiger charge is 2.27. The molecular formula is C22H28FN3O3S. The molecule has 1 fully saturated rings. The number of benzene rings is 2. The number of carbonyl (C=O) groups excluding carboxylic acids is 1. The van der Waals surface area contributed by atoms with E-state index in [2.05, 4.69) is 10.0 Å². The zero-order valence-electron chi connectivity index (χ0n) is 17.3. The summed E-state index contributed by atoms with van der Waals surface area (Å²) in [6.45, 7) is 0.988. The van der Waals surface area contributed by atoms with Crippen LogP contribution in [0.3, 0.4) is 0 Å². The van der Waals surface area contributed by atoms with Crippen LogP contribution in [0, 0.1) is 5.82 Å². The van der Waals surface area contributed by atoms with Crippen LogP contribution in [0.4, 0.5) is 4.39 Å². The average Bonchev–Trinajstić information content (AvgIpc) is 3.26. The number of sulfonamides is 1. The number of carbonyl (C=O) groups is 1. The highest BCUT2D eigenvalue weighted by Crippen LogP contribution is 2.28. The molecule has 0 spiro atoms. The summed E-state index contributed by atoms with van der Waals surface area (Å²) in [5.74, 6) is -0.996. The Morgan fingerprint density at radius 2 is 2.00 bits per heavy atom. The predicted octanol–water partition coefficient (Wildman–Crippen LogP) is 2.62. The van der Waals surface area contributed by atoms with Gasteiger partial charge in [-0.3, -0.25) is 4.79 Å². The van der Waals surface area contributed by atoms with Gasteiger partial charge in [0.1, 0.15) is 10.7 Å². The Labute approximate surface area is 177 Å². The monoisotopic (exact) mass is 433 g/mol. The maximum atomic E-state index is 14.0. The highest BCUT2D eigenvalue weighted by atomic mass is 32.2. The van der Waals surface area contributed by atoms with Gasteiger partial charge in [0.05, 0.1) is 12.5 Å². The Kier molecular flexibility index (Phi) is 7.23. The molecule has 1 heterocycles. The number of hydrogen-bond acceptors (Lipinski definition) is 4. The molecule has 1 aliphatic rings. The van der Waals surface area contributed by atoms with E-state index in [1.54, 1.807) is 11.9 Å².